The van der Waals surface area contributed by atoms with Crippen LogP contribution in [-0.2, 0) is 4.79 Å². The van der Waals surface area contributed by atoms with Gasteiger partial charge in [0.05, 0.1) is 10.6 Å². The molecule has 0 aliphatic heterocycles. The van der Waals surface area contributed by atoms with Crippen molar-refractivity contribution in [2.45, 2.75) is 19.9 Å². The monoisotopic (exact) mass is 421 g/mol. The average molecular weight is 422 g/mol. The van der Waals surface area contributed by atoms with Crippen molar-refractivity contribution < 1.29 is 9.59 Å². The van der Waals surface area contributed by atoms with E-state index in [1.165, 1.54) is 6.07 Å². The quantitative estimate of drug-likeness (QED) is 0.676. The van der Waals surface area contributed by atoms with Crippen molar-refractivity contribution in [2.24, 2.45) is 5.92 Å². The van der Waals surface area contributed by atoms with Crippen LogP contribution in [0.4, 0.5) is 5.69 Å². The van der Waals surface area contributed by atoms with Crippen LogP contribution in [0.5, 0.6) is 0 Å². The molecular formula is C21H25Cl2N3O2. The largest absolute Gasteiger partial charge is 0.373 e. The van der Waals surface area contributed by atoms with Crippen LogP contribution >= 0.6 is 23.2 Å². The summed E-state index contributed by atoms with van der Waals surface area (Å²) in [6.07, 6.45) is 0. The summed E-state index contributed by atoms with van der Waals surface area (Å²) in [5.74, 6) is -0.714. The zero-order valence-electron chi connectivity index (χ0n) is 16.2. The number of nitrogens with one attached hydrogen (secondary N) is 2. The third-order valence-electron chi connectivity index (χ3n) is 4.35. The second-order valence-corrected chi connectivity index (χ2v) is 7.71. The summed E-state index contributed by atoms with van der Waals surface area (Å²) in [5.41, 5.74) is 1.36. The number of nitrogens with zero attached hydrogens (tertiary/aromatic N) is 1. The number of hydrogen-bond donors (Lipinski definition) is 2. The highest BCUT2D eigenvalue weighted by Crippen LogP contribution is 2.21. The number of benzene rings is 2. The molecule has 5 nitrogen and oxygen atoms in total. The van der Waals surface area contributed by atoms with E-state index in [1.54, 1.807) is 12.1 Å². The molecule has 0 aliphatic rings. The minimum Gasteiger partial charge on any atom is -0.373 e. The minimum absolute atomic E-state index is 0.0816. The van der Waals surface area contributed by atoms with Gasteiger partial charge in [-0.15, -0.1) is 0 Å². The minimum atomic E-state index is -0.665. The smallest absolute Gasteiger partial charge is 0.253 e. The lowest BCUT2D eigenvalue weighted by Gasteiger charge is -2.24. The van der Waals surface area contributed by atoms with E-state index in [1.807, 2.05) is 51.2 Å². The molecule has 0 aliphatic carbocycles. The van der Waals surface area contributed by atoms with E-state index < -0.39 is 11.9 Å². The Labute approximate surface area is 176 Å². The number of rotatable bonds is 8. The maximum absolute atomic E-state index is 12.6. The summed E-state index contributed by atoms with van der Waals surface area (Å²) >= 11 is 12.0. The molecule has 2 N–H and O–H groups in total. The first kappa shape index (κ1) is 22.1. The molecule has 7 heteroatoms. The van der Waals surface area contributed by atoms with Crippen LogP contribution in [0.25, 0.3) is 0 Å². The number of anilines is 1. The standard InChI is InChI=1S/C21H25Cl2N3O2/c1-14(2)19(25-20(27)17-10-9-15(22)13-18(17)23)21(28)24-11-12-26(3)16-7-5-4-6-8-16/h4-10,13-14,19H,11-12H2,1-3H3,(H,24,28)(H,25,27)/t19-/m0/s1. The number of carbonyl (C=O) groups excluding carboxylic acids is 2. The molecule has 2 aromatic rings. The van der Waals surface area contributed by atoms with Crippen molar-refractivity contribution in [1.29, 1.82) is 0 Å². The molecule has 0 saturated heterocycles. The summed E-state index contributed by atoms with van der Waals surface area (Å²) in [7, 11) is 1.96. The summed E-state index contributed by atoms with van der Waals surface area (Å²) in [4.78, 5) is 27.2. The molecule has 2 aromatic carbocycles. The number of amides is 2. The van der Waals surface area contributed by atoms with Gasteiger partial charge in [-0.1, -0.05) is 55.2 Å². The average Bonchev–Trinajstić information content (AvgIpc) is 2.66. The lowest BCUT2D eigenvalue weighted by molar-refractivity contribution is -0.123. The molecule has 0 spiro atoms. The maximum Gasteiger partial charge on any atom is 0.253 e. The van der Waals surface area contributed by atoms with Crippen LogP contribution in [0, 0.1) is 5.92 Å². The fraction of sp³-hybridized carbons (Fsp3) is 0.333. The second kappa shape index (κ2) is 10.3. The molecule has 1 atom stereocenters. The normalized spacial score (nSPS) is 11.8. The molecule has 0 saturated carbocycles. The molecule has 0 fully saturated rings. The highest BCUT2D eigenvalue weighted by Gasteiger charge is 2.25. The van der Waals surface area contributed by atoms with Crippen molar-refractivity contribution in [2.75, 3.05) is 25.0 Å². The molecule has 2 amide bonds. The predicted molar refractivity (Wildman–Crippen MR) is 115 cm³/mol. The Kier molecular flexibility index (Phi) is 8.15. The molecular weight excluding hydrogens is 397 g/mol. The summed E-state index contributed by atoms with van der Waals surface area (Å²) in [6.45, 7) is 4.87. The van der Waals surface area contributed by atoms with Gasteiger partial charge in [-0.3, -0.25) is 9.59 Å². The van der Waals surface area contributed by atoms with Crippen molar-refractivity contribution >= 4 is 40.7 Å². The Morgan fingerprint density at radius 2 is 1.75 bits per heavy atom. The van der Waals surface area contributed by atoms with Crippen molar-refractivity contribution in [1.82, 2.24) is 10.6 Å². The van der Waals surface area contributed by atoms with Crippen LogP contribution in [0.1, 0.15) is 24.2 Å². The van der Waals surface area contributed by atoms with Gasteiger partial charge in [-0.05, 0) is 36.2 Å². The van der Waals surface area contributed by atoms with E-state index in [0.717, 1.165) is 5.69 Å². The summed E-state index contributed by atoms with van der Waals surface area (Å²) in [5, 5.41) is 6.36. The van der Waals surface area contributed by atoms with Crippen LogP contribution in [-0.4, -0.2) is 38.0 Å². The molecule has 0 unspecified atom stereocenters. The van der Waals surface area contributed by atoms with Crippen molar-refractivity contribution in [3.05, 3.63) is 64.1 Å². The van der Waals surface area contributed by atoms with Crippen molar-refractivity contribution in [3.8, 4) is 0 Å². The van der Waals surface area contributed by atoms with E-state index in [-0.39, 0.29) is 22.4 Å². The zero-order valence-corrected chi connectivity index (χ0v) is 17.7. The molecule has 150 valence electrons. The van der Waals surface area contributed by atoms with Crippen LogP contribution in [0.15, 0.2) is 48.5 Å². The summed E-state index contributed by atoms with van der Waals surface area (Å²) < 4.78 is 0. The van der Waals surface area contributed by atoms with Crippen LogP contribution < -0.4 is 15.5 Å². The lowest BCUT2D eigenvalue weighted by Crippen LogP contribution is -2.50. The summed E-state index contributed by atoms with van der Waals surface area (Å²) in [6, 6.07) is 13.9. The van der Waals surface area contributed by atoms with E-state index in [2.05, 4.69) is 15.5 Å². The van der Waals surface area contributed by atoms with Crippen LogP contribution in [0.3, 0.4) is 0 Å². The van der Waals surface area contributed by atoms with Gasteiger partial charge >= 0.3 is 0 Å². The topological polar surface area (TPSA) is 61.4 Å². The van der Waals surface area contributed by atoms with E-state index in [9.17, 15) is 9.59 Å². The Morgan fingerprint density at radius 1 is 1.07 bits per heavy atom. The first-order chi connectivity index (χ1) is 13.3. The lowest BCUT2D eigenvalue weighted by atomic mass is 10.0. The van der Waals surface area contributed by atoms with Crippen molar-refractivity contribution in [3.63, 3.8) is 0 Å². The Hall–Kier alpha value is -2.24. The van der Waals surface area contributed by atoms with Gasteiger partial charge in [0.1, 0.15) is 6.04 Å². The number of halogens is 2. The highest BCUT2D eigenvalue weighted by atomic mass is 35.5. The van der Waals surface area contributed by atoms with Crippen LogP contribution in [0.2, 0.25) is 10.0 Å². The Bertz CT molecular complexity index is 813. The third-order valence-corrected chi connectivity index (χ3v) is 4.90. The number of para-hydroxylation sites is 1. The number of carbonyl (C=O) groups is 2. The molecule has 2 rings (SSSR count). The first-order valence-electron chi connectivity index (χ1n) is 9.09. The zero-order chi connectivity index (χ0) is 20.7. The Morgan fingerprint density at radius 3 is 2.36 bits per heavy atom. The predicted octanol–water partition coefficient (Wildman–Crippen LogP) is 4.00. The van der Waals surface area contributed by atoms with E-state index >= 15 is 0 Å². The van der Waals surface area contributed by atoms with Gasteiger partial charge in [0, 0.05) is 30.8 Å². The van der Waals surface area contributed by atoms with Gasteiger partial charge in [0.15, 0.2) is 0 Å². The first-order valence-corrected chi connectivity index (χ1v) is 9.85. The Balaban J connectivity index is 1.93. The van der Waals surface area contributed by atoms with E-state index in [0.29, 0.717) is 18.1 Å². The van der Waals surface area contributed by atoms with Gasteiger partial charge in [-0.25, -0.2) is 0 Å². The molecule has 0 radical (unpaired) electrons. The fourth-order valence-electron chi connectivity index (χ4n) is 2.70. The third kappa shape index (κ3) is 6.14. The molecule has 0 bridgehead atoms. The van der Waals surface area contributed by atoms with Gasteiger partial charge in [-0.2, -0.15) is 0 Å². The SMILES string of the molecule is CC(C)[C@H](NC(=O)c1ccc(Cl)cc1Cl)C(=O)NCCN(C)c1ccccc1. The number of hydrogen-bond acceptors (Lipinski definition) is 3. The molecule has 0 aromatic heterocycles. The molecule has 0 heterocycles. The molecule has 28 heavy (non-hydrogen) atoms. The van der Waals surface area contributed by atoms with Gasteiger partial charge < -0.3 is 15.5 Å². The number of likely N-dealkylation sites (N-methyl/N-ethyl adjacent to an activating group) is 1. The van der Waals surface area contributed by atoms with E-state index in [4.69, 9.17) is 23.2 Å². The maximum atomic E-state index is 12.6. The van der Waals surface area contributed by atoms with Gasteiger partial charge in [0.25, 0.3) is 5.91 Å². The fourth-order valence-corrected chi connectivity index (χ4v) is 3.19. The van der Waals surface area contributed by atoms with Gasteiger partial charge in [0.2, 0.25) is 5.91 Å². The second-order valence-electron chi connectivity index (χ2n) is 6.87. The highest BCUT2D eigenvalue weighted by molar-refractivity contribution is 6.36.